The summed E-state index contributed by atoms with van der Waals surface area (Å²) in [5.41, 5.74) is 2.91. The Bertz CT molecular complexity index is 969. The Labute approximate surface area is 169 Å². The monoisotopic (exact) mass is 393 g/mol. The lowest BCUT2D eigenvalue weighted by Crippen LogP contribution is -2.34. The van der Waals surface area contributed by atoms with Crippen molar-refractivity contribution in [1.82, 2.24) is 15.5 Å². The molecule has 1 atom stereocenters. The Hall–Kier alpha value is -3.48. The molecule has 29 heavy (non-hydrogen) atoms. The summed E-state index contributed by atoms with van der Waals surface area (Å²) in [5, 5.41) is 10.8. The fourth-order valence-corrected chi connectivity index (χ4v) is 2.95. The molecule has 150 valence electrons. The average molecular weight is 393 g/mol. The molecule has 0 fully saturated rings. The summed E-state index contributed by atoms with van der Waals surface area (Å²) in [4.78, 5) is 24.4. The van der Waals surface area contributed by atoms with Crippen LogP contribution in [0.4, 0.5) is 0 Å². The lowest BCUT2D eigenvalue weighted by molar-refractivity contribution is -0.145. The zero-order valence-corrected chi connectivity index (χ0v) is 16.4. The summed E-state index contributed by atoms with van der Waals surface area (Å²) in [6, 6.07) is 16.2. The van der Waals surface area contributed by atoms with Crippen molar-refractivity contribution in [2.75, 3.05) is 7.11 Å². The first-order valence-corrected chi connectivity index (χ1v) is 9.34. The smallest absolute Gasteiger partial charge is 0.333 e. The molecule has 0 aliphatic rings. The van der Waals surface area contributed by atoms with Crippen molar-refractivity contribution in [3.05, 3.63) is 83.1 Å². The minimum absolute atomic E-state index is 0.117. The van der Waals surface area contributed by atoms with Gasteiger partial charge in [0.1, 0.15) is 0 Å². The molecule has 1 aromatic heterocycles. The maximum atomic E-state index is 12.3. The van der Waals surface area contributed by atoms with E-state index in [0.717, 1.165) is 11.1 Å². The van der Waals surface area contributed by atoms with Crippen molar-refractivity contribution in [3.8, 4) is 0 Å². The molecule has 0 unspecified atom stereocenters. The van der Waals surface area contributed by atoms with E-state index in [0.29, 0.717) is 23.8 Å². The maximum absolute atomic E-state index is 12.3. The Morgan fingerprint density at radius 3 is 2.55 bits per heavy atom. The summed E-state index contributed by atoms with van der Waals surface area (Å²) in [7, 11) is 1.29. The van der Waals surface area contributed by atoms with Gasteiger partial charge in [-0.1, -0.05) is 60.2 Å². The van der Waals surface area contributed by atoms with Crippen LogP contribution in [-0.2, 0) is 27.2 Å². The molecule has 2 aromatic carbocycles. The fraction of sp³-hybridized carbons (Fsp3) is 0.273. The summed E-state index contributed by atoms with van der Waals surface area (Å²) >= 11 is 0. The summed E-state index contributed by atoms with van der Waals surface area (Å²) < 4.78 is 10.4. The SMILES string of the molecule is COC(=O)[C@@H](NC(=O)CCc1nnc(Cc2cccc(C)c2)o1)c1ccccc1. The van der Waals surface area contributed by atoms with Gasteiger partial charge in [-0.05, 0) is 18.1 Å². The lowest BCUT2D eigenvalue weighted by Gasteiger charge is -2.16. The largest absolute Gasteiger partial charge is 0.467 e. The van der Waals surface area contributed by atoms with Crippen molar-refractivity contribution in [2.24, 2.45) is 0 Å². The van der Waals surface area contributed by atoms with E-state index in [4.69, 9.17) is 9.15 Å². The molecular weight excluding hydrogens is 370 g/mol. The van der Waals surface area contributed by atoms with Gasteiger partial charge in [-0.25, -0.2) is 4.79 Å². The predicted molar refractivity (Wildman–Crippen MR) is 106 cm³/mol. The van der Waals surface area contributed by atoms with Crippen molar-refractivity contribution in [1.29, 1.82) is 0 Å². The second-order valence-electron chi connectivity index (χ2n) is 6.69. The molecule has 0 bridgehead atoms. The molecular formula is C22H23N3O4. The van der Waals surface area contributed by atoms with Crippen LogP contribution in [0.25, 0.3) is 0 Å². The van der Waals surface area contributed by atoms with Crippen LogP contribution in [0.15, 0.2) is 59.0 Å². The van der Waals surface area contributed by atoms with E-state index in [-0.39, 0.29) is 18.7 Å². The van der Waals surface area contributed by atoms with Crippen LogP contribution in [0.3, 0.4) is 0 Å². The molecule has 0 aliphatic heterocycles. The number of aromatic nitrogens is 2. The highest BCUT2D eigenvalue weighted by Crippen LogP contribution is 2.15. The minimum atomic E-state index is -0.853. The minimum Gasteiger partial charge on any atom is -0.467 e. The average Bonchev–Trinajstić information content (AvgIpc) is 3.18. The van der Waals surface area contributed by atoms with E-state index in [1.54, 1.807) is 24.3 Å². The van der Waals surface area contributed by atoms with Crippen LogP contribution >= 0.6 is 0 Å². The number of benzene rings is 2. The Balaban J connectivity index is 1.56. The first-order valence-electron chi connectivity index (χ1n) is 9.34. The maximum Gasteiger partial charge on any atom is 0.333 e. The van der Waals surface area contributed by atoms with Crippen LogP contribution in [0.5, 0.6) is 0 Å². The topological polar surface area (TPSA) is 94.3 Å². The van der Waals surface area contributed by atoms with Crippen LogP contribution < -0.4 is 5.32 Å². The molecule has 0 saturated heterocycles. The van der Waals surface area contributed by atoms with E-state index in [2.05, 4.69) is 21.6 Å². The number of carbonyl (C=O) groups excluding carboxylic acids is 2. The van der Waals surface area contributed by atoms with E-state index >= 15 is 0 Å². The first-order chi connectivity index (χ1) is 14.0. The number of methoxy groups -OCH3 is 1. The van der Waals surface area contributed by atoms with Crippen LogP contribution in [0.2, 0.25) is 0 Å². The van der Waals surface area contributed by atoms with Gasteiger partial charge in [-0.15, -0.1) is 10.2 Å². The molecule has 0 aliphatic carbocycles. The number of amides is 1. The van der Waals surface area contributed by atoms with Gasteiger partial charge in [0.2, 0.25) is 17.7 Å². The summed E-state index contributed by atoms with van der Waals surface area (Å²) in [6.45, 7) is 2.03. The number of nitrogens with zero attached hydrogens (tertiary/aromatic N) is 2. The zero-order valence-electron chi connectivity index (χ0n) is 16.4. The van der Waals surface area contributed by atoms with Crippen LogP contribution in [0, 0.1) is 6.92 Å². The van der Waals surface area contributed by atoms with Crippen molar-refractivity contribution >= 4 is 11.9 Å². The van der Waals surface area contributed by atoms with Crippen LogP contribution in [-0.4, -0.2) is 29.2 Å². The Morgan fingerprint density at radius 1 is 1.07 bits per heavy atom. The molecule has 0 spiro atoms. The third kappa shape index (κ3) is 5.75. The standard InChI is InChI=1S/C22H23N3O4/c1-15-7-6-8-16(13-15)14-20-25-24-19(29-20)12-11-18(26)23-21(22(27)28-2)17-9-4-3-5-10-17/h3-10,13,21H,11-12,14H2,1-2H3,(H,23,26)/t21-/m0/s1. The number of hydrogen-bond acceptors (Lipinski definition) is 6. The first kappa shape index (κ1) is 20.3. The Kier molecular flexibility index (Phi) is 6.73. The number of hydrogen-bond donors (Lipinski definition) is 1. The van der Waals surface area contributed by atoms with E-state index in [1.165, 1.54) is 7.11 Å². The predicted octanol–water partition coefficient (Wildman–Crippen LogP) is 2.93. The fourth-order valence-electron chi connectivity index (χ4n) is 2.95. The van der Waals surface area contributed by atoms with Crippen molar-refractivity contribution in [3.63, 3.8) is 0 Å². The molecule has 0 saturated carbocycles. The highest BCUT2D eigenvalue weighted by Gasteiger charge is 2.23. The molecule has 1 amide bonds. The van der Waals surface area contributed by atoms with Crippen molar-refractivity contribution in [2.45, 2.75) is 32.2 Å². The zero-order chi connectivity index (χ0) is 20.6. The number of rotatable bonds is 8. The Morgan fingerprint density at radius 2 is 1.83 bits per heavy atom. The highest BCUT2D eigenvalue weighted by atomic mass is 16.5. The van der Waals surface area contributed by atoms with Crippen molar-refractivity contribution < 1.29 is 18.7 Å². The number of esters is 1. The molecule has 1 N–H and O–H groups in total. The van der Waals surface area contributed by atoms with Gasteiger partial charge >= 0.3 is 5.97 Å². The van der Waals surface area contributed by atoms with Gasteiger partial charge in [-0.2, -0.15) is 0 Å². The molecule has 1 heterocycles. The number of nitrogens with one attached hydrogen (secondary N) is 1. The number of aryl methyl sites for hydroxylation is 2. The second kappa shape index (κ2) is 9.64. The highest BCUT2D eigenvalue weighted by molar-refractivity contribution is 5.85. The molecule has 3 rings (SSSR count). The summed E-state index contributed by atoms with van der Waals surface area (Å²) in [5.74, 6) is 0.0605. The van der Waals surface area contributed by atoms with E-state index in [1.807, 2.05) is 31.2 Å². The van der Waals surface area contributed by atoms with Gasteiger partial charge < -0.3 is 14.5 Å². The van der Waals surface area contributed by atoms with Gasteiger partial charge in [0.15, 0.2) is 6.04 Å². The third-order valence-electron chi connectivity index (χ3n) is 4.39. The second-order valence-corrected chi connectivity index (χ2v) is 6.69. The summed E-state index contributed by atoms with van der Waals surface area (Å²) in [6.07, 6.45) is 0.945. The van der Waals surface area contributed by atoms with Gasteiger partial charge in [0, 0.05) is 12.8 Å². The normalized spacial score (nSPS) is 11.7. The quantitative estimate of drug-likeness (QED) is 0.592. The van der Waals surface area contributed by atoms with E-state index < -0.39 is 12.0 Å². The van der Waals surface area contributed by atoms with E-state index in [9.17, 15) is 9.59 Å². The number of ether oxygens (including phenoxy) is 1. The molecule has 0 radical (unpaired) electrons. The van der Waals surface area contributed by atoms with Gasteiger partial charge in [-0.3, -0.25) is 4.79 Å². The van der Waals surface area contributed by atoms with Gasteiger partial charge in [0.05, 0.1) is 13.5 Å². The third-order valence-corrected chi connectivity index (χ3v) is 4.39. The molecule has 7 nitrogen and oxygen atoms in total. The molecule has 7 heteroatoms. The van der Waals surface area contributed by atoms with Crippen LogP contribution in [0.1, 0.15) is 40.9 Å². The molecule has 3 aromatic rings. The number of carbonyl (C=O) groups is 2. The van der Waals surface area contributed by atoms with Gasteiger partial charge in [0.25, 0.3) is 0 Å². The lowest BCUT2D eigenvalue weighted by atomic mass is 10.1.